The van der Waals surface area contributed by atoms with Gasteiger partial charge in [0.1, 0.15) is 0 Å². The third-order valence-electron chi connectivity index (χ3n) is 1.68. The van der Waals surface area contributed by atoms with Crippen LogP contribution in [-0.2, 0) is 6.18 Å². The molecule has 100 valence electrons. The minimum Gasteiger partial charge on any atom is -0.276 e. The number of hydrogen-bond donors (Lipinski definition) is 0. The van der Waals surface area contributed by atoms with Gasteiger partial charge in [0.15, 0.2) is 0 Å². The summed E-state index contributed by atoms with van der Waals surface area (Å²) in [6.07, 6.45) is -4.77. The van der Waals surface area contributed by atoms with Crippen LogP contribution in [0.2, 0.25) is 0 Å². The maximum atomic E-state index is 12.3. The molecular weight excluding hydrogens is 275 g/mol. The van der Waals surface area contributed by atoms with Crippen molar-refractivity contribution in [2.24, 2.45) is 0 Å². The summed E-state index contributed by atoms with van der Waals surface area (Å²) in [5.41, 5.74) is -2.69. The van der Waals surface area contributed by atoms with Crippen LogP contribution in [0.15, 0.2) is 18.2 Å². The van der Waals surface area contributed by atoms with Crippen LogP contribution >= 0.6 is 11.6 Å². The summed E-state index contributed by atoms with van der Waals surface area (Å²) in [5, 5.41) is 9.15. The number of nitro benzene ring substituents is 1. The average molecular weight is 284 g/mol. The summed E-state index contributed by atoms with van der Waals surface area (Å²) in [5.74, 6) is 0. The first-order valence-electron chi connectivity index (χ1n) is 4.78. The average Bonchev–Trinajstić information content (AvgIpc) is 2.29. The van der Waals surface area contributed by atoms with Gasteiger partial charge in [-0.1, -0.05) is 13.8 Å². The fourth-order valence-corrected chi connectivity index (χ4v) is 1.10. The first kappa shape index (κ1) is 16.4. The quantitative estimate of drug-likeness (QED) is 0.468. The van der Waals surface area contributed by atoms with Crippen molar-refractivity contribution in [3.8, 4) is 0 Å². The van der Waals surface area contributed by atoms with Gasteiger partial charge in [-0.15, -0.1) is 0 Å². The van der Waals surface area contributed by atoms with Crippen LogP contribution in [-0.4, -0.2) is 10.2 Å². The first-order valence-corrected chi connectivity index (χ1v) is 5.16. The summed E-state index contributed by atoms with van der Waals surface area (Å²) >= 11 is 4.97. The predicted octanol–water partition coefficient (Wildman–Crippen LogP) is 4.02. The van der Waals surface area contributed by atoms with Crippen LogP contribution in [0.4, 0.5) is 18.9 Å². The molecule has 0 atom stereocenters. The van der Waals surface area contributed by atoms with Gasteiger partial charge in [0.05, 0.1) is 10.5 Å². The number of hydrogen-bond acceptors (Lipinski definition) is 3. The minimum absolute atomic E-state index is 0.337. The van der Waals surface area contributed by atoms with Crippen molar-refractivity contribution < 1.29 is 22.9 Å². The highest BCUT2D eigenvalue weighted by Crippen LogP contribution is 2.32. The fraction of sp³-hybridized carbons (Fsp3) is 0.300. The maximum absolute atomic E-state index is 12.3. The zero-order chi connectivity index (χ0) is 14.5. The van der Waals surface area contributed by atoms with Crippen LogP contribution in [0.5, 0.6) is 0 Å². The molecule has 1 aromatic rings. The number of alkyl halides is 3. The molecule has 0 unspecified atom stereocenters. The van der Waals surface area contributed by atoms with Gasteiger partial charge >= 0.3 is 6.18 Å². The van der Waals surface area contributed by atoms with E-state index in [9.17, 15) is 28.1 Å². The Morgan fingerprint density at radius 2 is 1.78 bits per heavy atom. The van der Waals surface area contributed by atoms with Gasteiger partial charge in [0.2, 0.25) is 0 Å². The molecule has 18 heavy (non-hydrogen) atoms. The Morgan fingerprint density at radius 3 is 2.11 bits per heavy atom. The molecule has 4 nitrogen and oxygen atoms in total. The Labute approximate surface area is 106 Å². The lowest BCUT2D eigenvalue weighted by atomic mass is 10.1. The molecule has 0 radical (unpaired) electrons. The van der Waals surface area contributed by atoms with Crippen LogP contribution in [0.3, 0.4) is 0 Å². The summed E-state index contributed by atoms with van der Waals surface area (Å²) in [6.45, 7) is 4.00. The van der Waals surface area contributed by atoms with Gasteiger partial charge in [-0.05, 0) is 17.7 Å². The zero-order valence-corrected chi connectivity index (χ0v) is 10.2. The van der Waals surface area contributed by atoms with E-state index in [1.165, 1.54) is 0 Å². The van der Waals surface area contributed by atoms with Crippen LogP contribution in [0.1, 0.15) is 29.8 Å². The topological polar surface area (TPSA) is 60.2 Å². The Morgan fingerprint density at radius 1 is 1.28 bits per heavy atom. The molecule has 0 fully saturated rings. The molecule has 0 amide bonds. The van der Waals surface area contributed by atoms with Crippen molar-refractivity contribution in [3.63, 3.8) is 0 Å². The van der Waals surface area contributed by atoms with Crippen molar-refractivity contribution >= 4 is 22.5 Å². The second kappa shape index (κ2) is 6.34. The van der Waals surface area contributed by atoms with Crippen molar-refractivity contribution in [3.05, 3.63) is 39.4 Å². The highest BCUT2D eigenvalue weighted by Gasteiger charge is 2.33. The van der Waals surface area contributed by atoms with Crippen molar-refractivity contribution in [1.29, 1.82) is 0 Å². The lowest BCUT2D eigenvalue weighted by molar-refractivity contribution is -0.385. The molecule has 0 N–H and O–H groups in total. The van der Waals surface area contributed by atoms with E-state index in [1.54, 1.807) is 0 Å². The highest BCUT2D eigenvalue weighted by molar-refractivity contribution is 6.67. The lowest BCUT2D eigenvalue weighted by Gasteiger charge is -2.07. The van der Waals surface area contributed by atoms with E-state index in [4.69, 9.17) is 11.6 Å². The molecule has 0 saturated carbocycles. The molecule has 1 aromatic carbocycles. The number of nitro groups is 1. The normalized spacial score (nSPS) is 10.3. The van der Waals surface area contributed by atoms with Crippen molar-refractivity contribution in [2.45, 2.75) is 20.0 Å². The number of non-ortho nitro benzene ring substituents is 1. The lowest BCUT2D eigenvalue weighted by Crippen LogP contribution is -2.07. The summed E-state index contributed by atoms with van der Waals surface area (Å²) in [7, 11) is 0. The SMILES string of the molecule is CC.O=C(Cl)c1cc([N+](=O)[O-])cc(C(F)(F)F)c1. The van der Waals surface area contributed by atoms with Gasteiger partial charge in [-0.3, -0.25) is 14.9 Å². The highest BCUT2D eigenvalue weighted by atomic mass is 35.5. The van der Waals surface area contributed by atoms with Gasteiger partial charge in [-0.2, -0.15) is 13.2 Å². The van der Waals surface area contributed by atoms with Gasteiger partial charge in [-0.25, -0.2) is 0 Å². The molecule has 1 rings (SSSR count). The monoisotopic (exact) mass is 283 g/mol. The van der Waals surface area contributed by atoms with Crippen LogP contribution < -0.4 is 0 Å². The number of halogens is 4. The van der Waals surface area contributed by atoms with E-state index in [-0.39, 0.29) is 0 Å². The molecule has 0 aromatic heterocycles. The largest absolute Gasteiger partial charge is 0.416 e. The first-order chi connectivity index (χ1) is 8.21. The minimum atomic E-state index is -4.77. The van der Waals surface area contributed by atoms with E-state index in [0.29, 0.717) is 18.2 Å². The smallest absolute Gasteiger partial charge is 0.276 e. The maximum Gasteiger partial charge on any atom is 0.416 e. The molecule has 0 heterocycles. The zero-order valence-electron chi connectivity index (χ0n) is 9.42. The Bertz CT molecular complexity index is 428. The van der Waals surface area contributed by atoms with E-state index >= 15 is 0 Å². The Kier molecular flexibility index (Phi) is 5.77. The molecule has 0 aliphatic heterocycles. The molecule has 8 heteroatoms. The number of carbonyl (C=O) groups excluding carboxylic acids is 1. The van der Waals surface area contributed by atoms with Gasteiger partial charge in [0.25, 0.3) is 10.9 Å². The Hall–Kier alpha value is -1.63. The van der Waals surface area contributed by atoms with Crippen molar-refractivity contribution in [2.75, 3.05) is 0 Å². The summed E-state index contributed by atoms with van der Waals surface area (Å²) < 4.78 is 36.9. The number of benzene rings is 1. The Balaban J connectivity index is 0.00000137. The van der Waals surface area contributed by atoms with Crippen molar-refractivity contribution in [1.82, 2.24) is 0 Å². The van der Waals surface area contributed by atoms with Gasteiger partial charge < -0.3 is 0 Å². The third kappa shape index (κ3) is 4.33. The van der Waals surface area contributed by atoms with E-state index in [0.717, 1.165) is 0 Å². The second-order valence-electron chi connectivity index (χ2n) is 2.80. The molecule has 0 aliphatic carbocycles. The predicted molar refractivity (Wildman–Crippen MR) is 59.6 cm³/mol. The molecular formula is C10H9ClF3NO3. The number of nitrogens with zero attached hydrogens (tertiary/aromatic N) is 1. The van der Waals surface area contributed by atoms with Gasteiger partial charge in [0, 0.05) is 17.7 Å². The molecule has 0 saturated heterocycles. The fourth-order valence-electron chi connectivity index (χ4n) is 0.994. The summed E-state index contributed by atoms with van der Waals surface area (Å²) in [4.78, 5) is 20.0. The summed E-state index contributed by atoms with van der Waals surface area (Å²) in [6, 6.07) is 1.48. The van der Waals surface area contributed by atoms with E-state index in [1.807, 2.05) is 13.8 Å². The van der Waals surface area contributed by atoms with E-state index < -0.39 is 33.2 Å². The molecule has 0 spiro atoms. The van der Waals surface area contributed by atoms with E-state index in [2.05, 4.69) is 0 Å². The molecule has 0 aliphatic rings. The molecule has 0 bridgehead atoms. The number of rotatable bonds is 2. The standard InChI is InChI=1S/C8H3ClF3NO3.C2H6/c9-7(14)4-1-5(8(10,11)12)3-6(2-4)13(15)16;1-2/h1-3H;1-2H3. The second-order valence-corrected chi connectivity index (χ2v) is 3.14. The van der Waals surface area contributed by atoms with Crippen LogP contribution in [0.25, 0.3) is 0 Å². The third-order valence-corrected chi connectivity index (χ3v) is 1.90. The van der Waals surface area contributed by atoms with Crippen LogP contribution in [0, 0.1) is 10.1 Å². The number of carbonyl (C=O) groups is 1.